The first kappa shape index (κ1) is 20.9. The van der Waals surface area contributed by atoms with Crippen molar-refractivity contribution in [3.63, 3.8) is 0 Å². The third kappa shape index (κ3) is 3.64. The van der Waals surface area contributed by atoms with Gasteiger partial charge in [0, 0.05) is 47.1 Å². The van der Waals surface area contributed by atoms with Crippen LogP contribution in [0.4, 0.5) is 0 Å². The second kappa shape index (κ2) is 8.29. The first-order chi connectivity index (χ1) is 16.6. The number of aryl methyl sites for hydroxylation is 1. The molecule has 0 radical (unpaired) electrons. The van der Waals surface area contributed by atoms with E-state index in [0.717, 1.165) is 52.4 Å². The van der Waals surface area contributed by atoms with Gasteiger partial charge in [0.15, 0.2) is 0 Å². The number of aromatic amines is 1. The first-order valence-electron chi connectivity index (χ1n) is 11.5. The maximum atomic E-state index is 13.5. The van der Waals surface area contributed by atoms with Gasteiger partial charge in [0.1, 0.15) is 0 Å². The normalized spacial score (nSPS) is 16.1. The van der Waals surface area contributed by atoms with Crippen molar-refractivity contribution >= 4 is 39.3 Å². The minimum Gasteiger partial charge on any atom is -0.332 e. The van der Waals surface area contributed by atoms with E-state index in [9.17, 15) is 4.79 Å². The molecular formula is C27H24ClN5O. The SMILES string of the molecule is Cn1ncc2ccc(Cc3[nH]nc4ccc(C(=O)N5CCC[C@@H]5c5ccc(Cl)cc5)cc34)cc21. The van der Waals surface area contributed by atoms with E-state index in [-0.39, 0.29) is 11.9 Å². The zero-order chi connectivity index (χ0) is 23.2. The van der Waals surface area contributed by atoms with Crippen LogP contribution in [0.5, 0.6) is 0 Å². The lowest BCUT2D eigenvalue weighted by Gasteiger charge is -2.25. The number of nitrogens with one attached hydrogen (secondary N) is 1. The third-order valence-electron chi connectivity index (χ3n) is 6.84. The van der Waals surface area contributed by atoms with Gasteiger partial charge in [-0.15, -0.1) is 0 Å². The Kier molecular flexibility index (Phi) is 5.11. The van der Waals surface area contributed by atoms with Gasteiger partial charge in [0.05, 0.1) is 23.3 Å². The van der Waals surface area contributed by atoms with E-state index < -0.39 is 0 Å². The molecule has 34 heavy (non-hydrogen) atoms. The number of nitrogens with zero attached hydrogens (tertiary/aromatic N) is 4. The van der Waals surface area contributed by atoms with Gasteiger partial charge in [-0.3, -0.25) is 14.6 Å². The maximum Gasteiger partial charge on any atom is 0.254 e. The van der Waals surface area contributed by atoms with Gasteiger partial charge < -0.3 is 4.90 Å². The lowest BCUT2D eigenvalue weighted by atomic mass is 10.0. The molecule has 6 rings (SSSR count). The van der Waals surface area contributed by atoms with Crippen LogP contribution in [0.15, 0.2) is 66.9 Å². The molecule has 6 nitrogen and oxygen atoms in total. The Hall–Kier alpha value is -3.64. The van der Waals surface area contributed by atoms with Crippen LogP contribution in [-0.2, 0) is 13.5 Å². The topological polar surface area (TPSA) is 66.8 Å². The van der Waals surface area contributed by atoms with Crippen molar-refractivity contribution < 1.29 is 4.79 Å². The zero-order valence-electron chi connectivity index (χ0n) is 18.8. The van der Waals surface area contributed by atoms with Crippen LogP contribution in [0, 0.1) is 0 Å². The van der Waals surface area contributed by atoms with Crippen LogP contribution >= 0.6 is 11.6 Å². The Morgan fingerprint density at radius 1 is 1.12 bits per heavy atom. The van der Waals surface area contributed by atoms with E-state index in [1.807, 2.05) is 65.3 Å². The number of H-pyrrole nitrogens is 1. The van der Waals surface area contributed by atoms with E-state index in [2.05, 4.69) is 33.5 Å². The Morgan fingerprint density at radius 3 is 2.82 bits per heavy atom. The van der Waals surface area contributed by atoms with Gasteiger partial charge in [-0.2, -0.15) is 10.2 Å². The zero-order valence-corrected chi connectivity index (χ0v) is 19.6. The van der Waals surface area contributed by atoms with Gasteiger partial charge in [0.25, 0.3) is 5.91 Å². The molecule has 0 bridgehead atoms. The van der Waals surface area contributed by atoms with Gasteiger partial charge in [0.2, 0.25) is 0 Å². The van der Waals surface area contributed by atoms with E-state index >= 15 is 0 Å². The van der Waals surface area contributed by atoms with Crippen molar-refractivity contribution in [1.82, 2.24) is 24.9 Å². The lowest BCUT2D eigenvalue weighted by molar-refractivity contribution is 0.0736. The Balaban J connectivity index is 1.30. The van der Waals surface area contributed by atoms with Crippen molar-refractivity contribution in [2.24, 2.45) is 7.05 Å². The highest BCUT2D eigenvalue weighted by molar-refractivity contribution is 6.30. The summed E-state index contributed by atoms with van der Waals surface area (Å²) < 4.78 is 1.88. The van der Waals surface area contributed by atoms with E-state index in [1.54, 1.807) is 0 Å². The summed E-state index contributed by atoms with van der Waals surface area (Å²) >= 11 is 6.07. The predicted molar refractivity (Wildman–Crippen MR) is 134 cm³/mol. The van der Waals surface area contributed by atoms with Crippen molar-refractivity contribution in [3.05, 3.63) is 94.3 Å². The second-order valence-corrected chi connectivity index (χ2v) is 9.42. The van der Waals surface area contributed by atoms with Crippen LogP contribution in [0.1, 0.15) is 46.1 Å². The number of fused-ring (bicyclic) bond motifs is 2. The number of carbonyl (C=O) groups is 1. The molecule has 1 fully saturated rings. The summed E-state index contributed by atoms with van der Waals surface area (Å²) in [6.07, 6.45) is 4.53. The van der Waals surface area contributed by atoms with E-state index in [4.69, 9.17) is 11.6 Å². The summed E-state index contributed by atoms with van der Waals surface area (Å²) in [4.78, 5) is 15.5. The summed E-state index contributed by atoms with van der Waals surface area (Å²) in [7, 11) is 1.95. The fourth-order valence-electron chi connectivity index (χ4n) is 5.04. The van der Waals surface area contributed by atoms with Crippen LogP contribution in [-0.4, -0.2) is 37.3 Å². The standard InChI is InChI=1S/C27H24ClN5O/c1-32-26-14-17(4-5-20(26)16-29-32)13-24-22-15-19(8-11-23(22)30-31-24)27(34)33-12-2-3-25(33)18-6-9-21(28)10-7-18/h4-11,14-16,25H,2-3,12-13H2,1H3,(H,30,31)/t25-/m1/s1. The van der Waals surface area contributed by atoms with Crippen LogP contribution < -0.4 is 0 Å². The minimum atomic E-state index is 0.0582. The minimum absolute atomic E-state index is 0.0582. The second-order valence-electron chi connectivity index (χ2n) is 8.98. The van der Waals surface area contributed by atoms with E-state index in [1.165, 1.54) is 5.56 Å². The number of likely N-dealkylation sites (tertiary alicyclic amines) is 1. The number of hydrogen-bond donors (Lipinski definition) is 1. The number of rotatable bonds is 4. The summed E-state index contributed by atoms with van der Waals surface area (Å²) in [5, 5.41) is 14.8. The summed E-state index contributed by atoms with van der Waals surface area (Å²) in [6.45, 7) is 0.757. The van der Waals surface area contributed by atoms with Gasteiger partial charge in [-0.05, 0) is 60.4 Å². The maximum absolute atomic E-state index is 13.5. The molecule has 1 aliphatic rings. The fraction of sp³-hybridized carbons (Fsp3) is 0.222. The Bertz CT molecular complexity index is 1520. The first-order valence-corrected chi connectivity index (χ1v) is 11.9. The van der Waals surface area contributed by atoms with Crippen molar-refractivity contribution in [1.29, 1.82) is 0 Å². The molecule has 2 aromatic heterocycles. The number of halogens is 1. The summed E-state index contributed by atoms with van der Waals surface area (Å²) in [5.74, 6) is 0.0582. The highest BCUT2D eigenvalue weighted by Gasteiger charge is 2.30. The molecule has 0 saturated carbocycles. The number of carbonyl (C=O) groups excluding carboxylic acids is 1. The van der Waals surface area contributed by atoms with E-state index in [0.29, 0.717) is 17.0 Å². The molecule has 0 spiro atoms. The summed E-state index contributed by atoms with van der Waals surface area (Å²) in [5.41, 5.74) is 5.95. The van der Waals surface area contributed by atoms with Crippen molar-refractivity contribution in [2.75, 3.05) is 6.54 Å². The average molecular weight is 470 g/mol. The molecule has 5 aromatic rings. The average Bonchev–Trinajstić information content (AvgIpc) is 3.58. The molecule has 1 saturated heterocycles. The molecule has 1 amide bonds. The molecule has 0 unspecified atom stereocenters. The largest absolute Gasteiger partial charge is 0.332 e. The van der Waals surface area contributed by atoms with Crippen LogP contribution in [0.2, 0.25) is 5.02 Å². The van der Waals surface area contributed by atoms with Crippen LogP contribution in [0.25, 0.3) is 21.8 Å². The van der Waals surface area contributed by atoms with Gasteiger partial charge in [-0.1, -0.05) is 35.9 Å². The molecular weight excluding hydrogens is 446 g/mol. The monoisotopic (exact) mass is 469 g/mol. The number of hydrogen-bond acceptors (Lipinski definition) is 3. The van der Waals surface area contributed by atoms with Gasteiger partial charge >= 0.3 is 0 Å². The highest BCUT2D eigenvalue weighted by atomic mass is 35.5. The molecule has 1 N–H and O–H groups in total. The highest BCUT2D eigenvalue weighted by Crippen LogP contribution is 2.34. The number of amides is 1. The smallest absolute Gasteiger partial charge is 0.254 e. The van der Waals surface area contributed by atoms with Gasteiger partial charge in [-0.25, -0.2) is 0 Å². The Morgan fingerprint density at radius 2 is 1.97 bits per heavy atom. The van der Waals surface area contributed by atoms with Crippen molar-refractivity contribution in [3.8, 4) is 0 Å². The molecule has 3 aromatic carbocycles. The summed E-state index contributed by atoms with van der Waals surface area (Å²) in [6, 6.07) is 20.1. The Labute approximate surface area is 202 Å². The van der Waals surface area contributed by atoms with Crippen molar-refractivity contribution in [2.45, 2.75) is 25.3 Å². The quantitative estimate of drug-likeness (QED) is 0.368. The number of benzene rings is 3. The molecule has 170 valence electrons. The molecule has 1 atom stereocenters. The molecule has 0 aliphatic carbocycles. The number of aromatic nitrogens is 4. The molecule has 7 heteroatoms. The van der Waals surface area contributed by atoms with Crippen LogP contribution in [0.3, 0.4) is 0 Å². The molecule has 3 heterocycles. The lowest BCUT2D eigenvalue weighted by Crippen LogP contribution is -2.30. The predicted octanol–water partition coefficient (Wildman–Crippen LogP) is 5.67. The fourth-order valence-corrected chi connectivity index (χ4v) is 5.17. The molecule has 1 aliphatic heterocycles. The third-order valence-corrected chi connectivity index (χ3v) is 7.09.